The van der Waals surface area contributed by atoms with Crippen LogP contribution < -0.4 is 4.72 Å². The molecule has 1 N–H and O–H groups in total. The summed E-state index contributed by atoms with van der Waals surface area (Å²) in [6, 6.07) is -0.669. The third-order valence-corrected chi connectivity index (χ3v) is 4.12. The van der Waals surface area contributed by atoms with Crippen LogP contribution in [0.15, 0.2) is 23.4 Å². The number of nitrogens with zero attached hydrogens (tertiary/aromatic N) is 2. The molecule has 0 bridgehead atoms. The number of thiol groups is 1. The SMILES string of the molecule is CC(C)CC(C(=O)NS)N(C)/C=C(CCCN(C)C)\C(=C/C=O)C(F)(F)F. The molecule has 0 rings (SSSR count). The Morgan fingerprint density at radius 1 is 1.22 bits per heavy atom. The molecule has 1 atom stereocenters. The zero-order valence-electron chi connectivity index (χ0n) is 16.5. The molecule has 0 aliphatic carbocycles. The Hall–Kier alpha value is -1.48. The highest BCUT2D eigenvalue weighted by atomic mass is 32.1. The molecule has 0 saturated carbocycles. The molecule has 0 aromatic carbocycles. The predicted octanol–water partition coefficient (Wildman–Crippen LogP) is 3.21. The van der Waals surface area contributed by atoms with E-state index in [-0.39, 0.29) is 24.2 Å². The first-order valence-electron chi connectivity index (χ1n) is 8.68. The molecule has 0 heterocycles. The van der Waals surface area contributed by atoms with Crippen molar-refractivity contribution >= 4 is 25.0 Å². The molecule has 1 unspecified atom stereocenters. The molecule has 0 aromatic heterocycles. The van der Waals surface area contributed by atoms with E-state index in [0.29, 0.717) is 25.5 Å². The van der Waals surface area contributed by atoms with Gasteiger partial charge in [0.25, 0.3) is 5.91 Å². The summed E-state index contributed by atoms with van der Waals surface area (Å²) in [4.78, 5) is 26.2. The van der Waals surface area contributed by atoms with E-state index < -0.39 is 23.7 Å². The molecule has 0 saturated heterocycles. The summed E-state index contributed by atoms with van der Waals surface area (Å²) in [7, 11) is 5.21. The van der Waals surface area contributed by atoms with Gasteiger partial charge in [0.15, 0.2) is 0 Å². The Morgan fingerprint density at radius 2 is 1.81 bits per heavy atom. The Labute approximate surface area is 165 Å². The quantitative estimate of drug-likeness (QED) is 0.238. The number of alkyl halides is 3. The van der Waals surface area contributed by atoms with Gasteiger partial charge in [0, 0.05) is 13.2 Å². The monoisotopic (exact) mass is 409 g/mol. The van der Waals surface area contributed by atoms with Crippen LogP contribution in [0.4, 0.5) is 13.2 Å². The molecule has 0 spiro atoms. The Balaban J connectivity index is 5.87. The maximum absolute atomic E-state index is 13.4. The zero-order chi connectivity index (χ0) is 21.2. The van der Waals surface area contributed by atoms with Gasteiger partial charge in [0.05, 0.1) is 5.57 Å². The highest BCUT2D eigenvalue weighted by Gasteiger charge is 2.36. The number of carbonyl (C=O) groups excluding carboxylic acids is 2. The van der Waals surface area contributed by atoms with E-state index in [1.807, 2.05) is 32.8 Å². The second-order valence-corrected chi connectivity index (χ2v) is 7.29. The predicted molar refractivity (Wildman–Crippen MR) is 104 cm³/mol. The maximum atomic E-state index is 13.4. The number of amides is 1. The molecule has 27 heavy (non-hydrogen) atoms. The van der Waals surface area contributed by atoms with Crippen molar-refractivity contribution in [2.24, 2.45) is 5.92 Å². The van der Waals surface area contributed by atoms with Crippen molar-refractivity contribution in [3.8, 4) is 0 Å². The zero-order valence-corrected chi connectivity index (χ0v) is 17.4. The van der Waals surface area contributed by atoms with Crippen molar-refractivity contribution in [2.75, 3.05) is 27.7 Å². The van der Waals surface area contributed by atoms with Gasteiger partial charge in [-0.3, -0.25) is 9.59 Å². The van der Waals surface area contributed by atoms with Crippen molar-refractivity contribution in [3.05, 3.63) is 23.4 Å². The number of likely N-dealkylation sites (N-methyl/N-ethyl adjacent to an activating group) is 1. The summed E-state index contributed by atoms with van der Waals surface area (Å²) in [5, 5.41) is 0. The van der Waals surface area contributed by atoms with Crippen LogP contribution in [0.1, 0.15) is 33.1 Å². The van der Waals surface area contributed by atoms with Gasteiger partial charge >= 0.3 is 6.18 Å². The van der Waals surface area contributed by atoms with Gasteiger partial charge in [-0.1, -0.05) is 26.7 Å². The second kappa shape index (κ2) is 12.1. The average molecular weight is 410 g/mol. The van der Waals surface area contributed by atoms with Crippen LogP contribution in [-0.4, -0.2) is 61.9 Å². The number of rotatable bonds is 11. The third kappa shape index (κ3) is 9.86. The normalized spacial score (nSPS) is 14.5. The molecule has 0 aliphatic rings. The van der Waals surface area contributed by atoms with E-state index in [1.54, 1.807) is 7.05 Å². The molecule has 1 amide bonds. The van der Waals surface area contributed by atoms with Crippen LogP contribution in [0.2, 0.25) is 0 Å². The van der Waals surface area contributed by atoms with Gasteiger partial charge in [0.2, 0.25) is 0 Å². The van der Waals surface area contributed by atoms with Gasteiger partial charge in [-0.2, -0.15) is 13.2 Å². The topological polar surface area (TPSA) is 52.7 Å². The van der Waals surface area contributed by atoms with E-state index in [2.05, 4.69) is 17.5 Å². The largest absolute Gasteiger partial charge is 0.416 e. The van der Waals surface area contributed by atoms with Crippen LogP contribution in [0.3, 0.4) is 0 Å². The number of carbonyl (C=O) groups is 2. The minimum Gasteiger partial charge on any atom is -0.368 e. The lowest BCUT2D eigenvalue weighted by atomic mass is 9.99. The first-order valence-corrected chi connectivity index (χ1v) is 9.13. The lowest BCUT2D eigenvalue weighted by Gasteiger charge is -2.28. The molecular formula is C18H30F3N3O2S. The fourth-order valence-corrected chi connectivity index (χ4v) is 2.77. The van der Waals surface area contributed by atoms with E-state index in [4.69, 9.17) is 0 Å². The van der Waals surface area contributed by atoms with Crippen LogP contribution in [0.25, 0.3) is 0 Å². The van der Waals surface area contributed by atoms with Gasteiger partial charge in [0.1, 0.15) is 12.3 Å². The lowest BCUT2D eigenvalue weighted by Crippen LogP contribution is -2.41. The van der Waals surface area contributed by atoms with Crippen LogP contribution in [0.5, 0.6) is 0 Å². The first kappa shape index (κ1) is 25.5. The van der Waals surface area contributed by atoms with Gasteiger partial charge in [-0.25, -0.2) is 0 Å². The lowest BCUT2D eigenvalue weighted by molar-refractivity contribution is -0.123. The summed E-state index contributed by atoms with van der Waals surface area (Å²) in [5.41, 5.74) is -1.02. The van der Waals surface area contributed by atoms with E-state index in [9.17, 15) is 22.8 Å². The molecule has 0 radical (unpaired) electrons. The Kier molecular flexibility index (Phi) is 11.4. The van der Waals surface area contributed by atoms with Crippen molar-refractivity contribution < 1.29 is 22.8 Å². The van der Waals surface area contributed by atoms with Crippen LogP contribution >= 0.6 is 12.8 Å². The molecular weight excluding hydrogens is 379 g/mol. The van der Waals surface area contributed by atoms with E-state index in [0.717, 1.165) is 0 Å². The Bertz CT molecular complexity index is 546. The fraction of sp³-hybridized carbons (Fsp3) is 0.667. The number of allylic oxidation sites excluding steroid dienone is 3. The highest BCUT2D eigenvalue weighted by Crippen LogP contribution is 2.33. The van der Waals surface area contributed by atoms with E-state index >= 15 is 0 Å². The van der Waals surface area contributed by atoms with Crippen molar-refractivity contribution in [1.82, 2.24) is 14.5 Å². The van der Waals surface area contributed by atoms with Crippen molar-refractivity contribution in [1.29, 1.82) is 0 Å². The maximum Gasteiger partial charge on any atom is 0.416 e. The van der Waals surface area contributed by atoms with Crippen LogP contribution in [-0.2, 0) is 9.59 Å². The van der Waals surface area contributed by atoms with Crippen molar-refractivity contribution in [2.45, 2.75) is 45.3 Å². The third-order valence-electron chi connectivity index (χ3n) is 3.90. The van der Waals surface area contributed by atoms with Gasteiger partial charge < -0.3 is 14.5 Å². The first-order chi connectivity index (χ1) is 12.4. The fourth-order valence-electron chi connectivity index (χ4n) is 2.62. The molecule has 0 aromatic rings. The molecule has 156 valence electrons. The number of halogens is 3. The average Bonchev–Trinajstić information content (AvgIpc) is 2.54. The van der Waals surface area contributed by atoms with Gasteiger partial charge in [-0.05, 0) is 57.5 Å². The van der Waals surface area contributed by atoms with E-state index in [1.165, 1.54) is 11.1 Å². The van der Waals surface area contributed by atoms with Gasteiger partial charge in [-0.15, -0.1) is 0 Å². The number of aldehydes is 1. The second-order valence-electron chi connectivity index (χ2n) is 7.06. The number of nitrogens with one attached hydrogen (secondary N) is 1. The highest BCUT2D eigenvalue weighted by molar-refractivity contribution is 7.78. The Morgan fingerprint density at radius 3 is 2.22 bits per heavy atom. The molecule has 0 aliphatic heterocycles. The smallest absolute Gasteiger partial charge is 0.368 e. The number of hydrogen-bond acceptors (Lipinski definition) is 5. The minimum atomic E-state index is -4.66. The summed E-state index contributed by atoms with van der Waals surface area (Å²) in [6.07, 6.45) is -1.63. The summed E-state index contributed by atoms with van der Waals surface area (Å²) in [5.74, 6) is -0.243. The summed E-state index contributed by atoms with van der Waals surface area (Å²) in [6.45, 7) is 4.43. The standard InChI is InChI=1S/C18H30F3N3O2S/c1-13(2)11-16(17(26)22-27)24(5)12-14(7-6-9-23(3)4)15(8-10-25)18(19,20)21/h8,10,12-13,16,27H,6-7,9,11H2,1-5H3,(H,22,26)/b14-12-,15-8+. The molecule has 9 heteroatoms. The minimum absolute atomic E-state index is 0.0281. The van der Waals surface area contributed by atoms with Crippen molar-refractivity contribution in [3.63, 3.8) is 0 Å². The molecule has 0 fully saturated rings. The number of hydrogen-bond donors (Lipinski definition) is 2. The summed E-state index contributed by atoms with van der Waals surface area (Å²) < 4.78 is 42.6. The molecule has 5 nitrogen and oxygen atoms in total. The summed E-state index contributed by atoms with van der Waals surface area (Å²) >= 11 is 3.77. The van der Waals surface area contributed by atoms with Crippen LogP contribution in [0, 0.1) is 5.92 Å².